The van der Waals surface area contributed by atoms with Crippen LogP contribution in [0.15, 0.2) is 4.90 Å². The zero-order valence-corrected chi connectivity index (χ0v) is 12.7. The third-order valence-corrected chi connectivity index (χ3v) is 4.63. The third-order valence-electron chi connectivity index (χ3n) is 3.57. The summed E-state index contributed by atoms with van der Waals surface area (Å²) in [7, 11) is -3.97. The number of H-pyrrole nitrogens is 1. The number of hydrogen-bond acceptors (Lipinski definition) is 4. The monoisotopic (exact) mass is 300 g/mol. The number of amides is 1. The fraction of sp³-hybridized carbons (Fsp3) is 0.667. The van der Waals surface area contributed by atoms with E-state index in [4.69, 9.17) is 5.14 Å². The van der Waals surface area contributed by atoms with E-state index in [-0.39, 0.29) is 27.6 Å². The molecule has 8 heteroatoms. The van der Waals surface area contributed by atoms with Crippen LogP contribution in [-0.4, -0.2) is 42.5 Å². The summed E-state index contributed by atoms with van der Waals surface area (Å²) >= 11 is 0. The number of nitrogens with two attached hydrogens (primary N) is 1. The van der Waals surface area contributed by atoms with Crippen molar-refractivity contribution in [1.29, 1.82) is 0 Å². The molecule has 112 valence electrons. The lowest BCUT2D eigenvalue weighted by molar-refractivity contribution is 0.0574. The maximum Gasteiger partial charge on any atom is 0.275 e. The molecule has 3 N–H and O–H groups in total. The van der Waals surface area contributed by atoms with Gasteiger partial charge in [-0.1, -0.05) is 13.8 Å². The van der Waals surface area contributed by atoms with Crippen LogP contribution in [-0.2, 0) is 10.0 Å². The van der Waals surface area contributed by atoms with Crippen molar-refractivity contribution in [1.82, 2.24) is 15.1 Å². The lowest BCUT2D eigenvalue weighted by atomic mass is 9.84. The van der Waals surface area contributed by atoms with Crippen molar-refractivity contribution in [3.8, 4) is 0 Å². The molecule has 0 aliphatic carbocycles. The van der Waals surface area contributed by atoms with Crippen LogP contribution in [0.1, 0.15) is 42.9 Å². The van der Waals surface area contributed by atoms with Crippen LogP contribution in [0, 0.1) is 12.3 Å². The minimum atomic E-state index is -3.97. The second-order valence-electron chi connectivity index (χ2n) is 6.07. The fourth-order valence-corrected chi connectivity index (χ4v) is 3.53. The smallest absolute Gasteiger partial charge is 0.275 e. The number of piperidine rings is 1. The number of aromatic nitrogens is 2. The van der Waals surface area contributed by atoms with Gasteiger partial charge >= 0.3 is 0 Å². The Labute approximate surface area is 118 Å². The summed E-state index contributed by atoms with van der Waals surface area (Å²) in [5.74, 6) is -0.383. The number of primary sulfonamides is 1. The maximum absolute atomic E-state index is 12.5. The molecule has 0 unspecified atom stereocenters. The quantitative estimate of drug-likeness (QED) is 0.834. The van der Waals surface area contributed by atoms with Gasteiger partial charge in [-0.2, -0.15) is 5.10 Å². The van der Waals surface area contributed by atoms with E-state index in [2.05, 4.69) is 24.0 Å². The summed E-state index contributed by atoms with van der Waals surface area (Å²) in [5, 5.41) is 11.5. The van der Waals surface area contributed by atoms with E-state index >= 15 is 0 Å². The zero-order valence-electron chi connectivity index (χ0n) is 11.9. The molecule has 1 saturated heterocycles. The van der Waals surface area contributed by atoms with Gasteiger partial charge in [0.15, 0.2) is 5.69 Å². The number of rotatable bonds is 2. The molecule has 0 aromatic carbocycles. The van der Waals surface area contributed by atoms with Crippen LogP contribution in [0.2, 0.25) is 0 Å². The lowest BCUT2D eigenvalue weighted by Crippen LogP contribution is -2.44. The zero-order chi connectivity index (χ0) is 15.1. The first-order valence-corrected chi connectivity index (χ1v) is 8.03. The van der Waals surface area contributed by atoms with E-state index in [9.17, 15) is 13.2 Å². The molecule has 0 bridgehead atoms. The van der Waals surface area contributed by atoms with Gasteiger partial charge in [0.1, 0.15) is 4.90 Å². The van der Waals surface area contributed by atoms with E-state index in [0.29, 0.717) is 13.1 Å². The molecule has 0 spiro atoms. The van der Waals surface area contributed by atoms with Gasteiger partial charge in [0.2, 0.25) is 10.0 Å². The molecule has 1 aliphatic rings. The molecule has 1 aliphatic heterocycles. The lowest BCUT2D eigenvalue weighted by Gasteiger charge is -2.37. The number of hydrogen-bond donors (Lipinski definition) is 2. The Kier molecular flexibility index (Phi) is 3.64. The van der Waals surface area contributed by atoms with Gasteiger partial charge in [0.25, 0.3) is 5.91 Å². The Hall–Kier alpha value is -1.41. The number of sulfonamides is 1. The molecule has 20 heavy (non-hydrogen) atoms. The van der Waals surface area contributed by atoms with Crippen molar-refractivity contribution < 1.29 is 13.2 Å². The summed E-state index contributed by atoms with van der Waals surface area (Å²) in [6, 6.07) is 0. The Balaban J connectivity index is 2.36. The highest BCUT2D eigenvalue weighted by atomic mass is 32.2. The summed E-state index contributed by atoms with van der Waals surface area (Å²) < 4.78 is 23.2. The predicted molar refractivity (Wildman–Crippen MR) is 73.6 cm³/mol. The molecule has 0 saturated carbocycles. The molecule has 1 aromatic rings. The van der Waals surface area contributed by atoms with Crippen LogP contribution < -0.4 is 5.14 Å². The summed E-state index contributed by atoms with van der Waals surface area (Å²) in [5.41, 5.74) is 0.205. The van der Waals surface area contributed by atoms with Gasteiger partial charge in [0, 0.05) is 13.1 Å². The van der Waals surface area contributed by atoms with Crippen LogP contribution >= 0.6 is 0 Å². The molecule has 0 radical (unpaired) electrons. The van der Waals surface area contributed by atoms with E-state index < -0.39 is 10.0 Å². The minimum absolute atomic E-state index is 0.0288. The van der Waals surface area contributed by atoms with Gasteiger partial charge in [-0.3, -0.25) is 9.89 Å². The van der Waals surface area contributed by atoms with Crippen LogP contribution in [0.4, 0.5) is 0 Å². The fourth-order valence-electron chi connectivity index (χ4n) is 2.66. The van der Waals surface area contributed by atoms with Crippen LogP contribution in [0.5, 0.6) is 0 Å². The summed E-state index contributed by atoms with van der Waals surface area (Å²) in [6.45, 7) is 6.90. The van der Waals surface area contributed by atoms with E-state index in [1.54, 1.807) is 4.90 Å². The van der Waals surface area contributed by atoms with Gasteiger partial charge in [-0.25, -0.2) is 13.6 Å². The number of likely N-dealkylation sites (tertiary alicyclic amines) is 1. The van der Waals surface area contributed by atoms with Gasteiger partial charge in [-0.05, 0) is 25.2 Å². The number of aromatic amines is 1. The first-order valence-electron chi connectivity index (χ1n) is 6.49. The van der Waals surface area contributed by atoms with Crippen LogP contribution in [0.25, 0.3) is 0 Å². The Bertz CT molecular complexity index is 633. The number of aryl methyl sites for hydroxylation is 1. The van der Waals surface area contributed by atoms with Crippen molar-refractivity contribution >= 4 is 15.9 Å². The van der Waals surface area contributed by atoms with Crippen molar-refractivity contribution in [3.05, 3.63) is 11.4 Å². The van der Waals surface area contributed by atoms with Crippen molar-refractivity contribution in [2.24, 2.45) is 10.6 Å². The highest BCUT2D eigenvalue weighted by Gasteiger charge is 2.34. The maximum atomic E-state index is 12.5. The molecule has 1 amide bonds. The second-order valence-corrected chi connectivity index (χ2v) is 7.56. The average molecular weight is 300 g/mol. The van der Waals surface area contributed by atoms with Crippen molar-refractivity contribution in [2.75, 3.05) is 13.1 Å². The number of carbonyl (C=O) groups is 1. The molecule has 1 fully saturated rings. The van der Waals surface area contributed by atoms with E-state index in [1.165, 1.54) is 6.92 Å². The summed E-state index contributed by atoms with van der Waals surface area (Å²) in [4.78, 5) is 13.9. The first-order chi connectivity index (χ1) is 9.12. The molecular formula is C12H20N4O3S. The molecule has 2 heterocycles. The largest absolute Gasteiger partial charge is 0.337 e. The Morgan fingerprint density at radius 1 is 1.45 bits per heavy atom. The molecule has 1 aromatic heterocycles. The SMILES string of the molecule is Cc1[nH]nc(C(=O)N2CCCC(C)(C)C2)c1S(N)(=O)=O. The van der Waals surface area contributed by atoms with E-state index in [0.717, 1.165) is 12.8 Å². The number of nitrogens with one attached hydrogen (secondary N) is 1. The van der Waals surface area contributed by atoms with Gasteiger partial charge < -0.3 is 4.90 Å². The van der Waals surface area contributed by atoms with Crippen molar-refractivity contribution in [3.63, 3.8) is 0 Å². The van der Waals surface area contributed by atoms with Crippen molar-refractivity contribution in [2.45, 2.75) is 38.5 Å². The number of nitrogens with zero attached hydrogens (tertiary/aromatic N) is 2. The average Bonchev–Trinajstić information content (AvgIpc) is 2.68. The normalized spacial score (nSPS) is 19.1. The predicted octanol–water partition coefficient (Wildman–Crippen LogP) is 0.628. The molecule has 2 rings (SSSR count). The first kappa shape index (κ1) is 15.0. The Morgan fingerprint density at radius 2 is 2.10 bits per heavy atom. The third kappa shape index (κ3) is 2.85. The van der Waals surface area contributed by atoms with Crippen LogP contribution in [0.3, 0.4) is 0 Å². The van der Waals surface area contributed by atoms with E-state index in [1.807, 2.05) is 0 Å². The highest BCUT2D eigenvalue weighted by molar-refractivity contribution is 7.89. The standard InChI is InChI=1S/C12H20N4O3S/c1-8-10(20(13,18)19)9(15-14-8)11(17)16-6-4-5-12(2,3)7-16/h4-7H2,1-3H3,(H,14,15)(H2,13,18,19). The number of carbonyl (C=O) groups excluding carboxylic acids is 1. The molecule has 7 nitrogen and oxygen atoms in total. The summed E-state index contributed by atoms with van der Waals surface area (Å²) in [6.07, 6.45) is 1.94. The molecule has 0 atom stereocenters. The van der Waals surface area contributed by atoms with Gasteiger partial charge in [0.05, 0.1) is 5.69 Å². The second kappa shape index (κ2) is 4.85. The molecular weight excluding hydrogens is 280 g/mol. The Morgan fingerprint density at radius 3 is 2.65 bits per heavy atom. The highest BCUT2D eigenvalue weighted by Crippen LogP contribution is 2.29. The minimum Gasteiger partial charge on any atom is -0.337 e. The topological polar surface area (TPSA) is 109 Å². The van der Waals surface area contributed by atoms with Gasteiger partial charge in [-0.15, -0.1) is 0 Å².